The quantitative estimate of drug-likeness (QED) is 0.755. The third-order valence-electron chi connectivity index (χ3n) is 3.71. The Labute approximate surface area is 122 Å². The molecule has 3 nitrogen and oxygen atoms in total. The molecule has 0 saturated heterocycles. The van der Waals surface area contributed by atoms with E-state index in [-0.39, 0.29) is 17.6 Å². The number of rotatable bonds is 2. The van der Waals surface area contributed by atoms with E-state index in [4.69, 9.17) is 0 Å². The van der Waals surface area contributed by atoms with E-state index in [1.54, 1.807) is 18.2 Å². The van der Waals surface area contributed by atoms with Gasteiger partial charge in [0, 0.05) is 17.2 Å². The zero-order valence-electron chi connectivity index (χ0n) is 12.3. The van der Waals surface area contributed by atoms with Gasteiger partial charge < -0.3 is 9.67 Å². The maximum absolute atomic E-state index is 13.6. The zero-order valence-corrected chi connectivity index (χ0v) is 12.3. The first-order chi connectivity index (χ1) is 9.99. The van der Waals surface area contributed by atoms with Crippen molar-refractivity contribution < 1.29 is 9.50 Å². The number of imidazole rings is 1. The molecular formula is C17H17FN2O. The second kappa shape index (κ2) is 4.88. The number of hydrogen-bond donors (Lipinski definition) is 1. The topological polar surface area (TPSA) is 38.1 Å². The van der Waals surface area contributed by atoms with E-state index >= 15 is 0 Å². The molecule has 3 rings (SSSR count). The maximum atomic E-state index is 13.6. The van der Waals surface area contributed by atoms with E-state index in [0.717, 1.165) is 28.0 Å². The molecule has 0 saturated carbocycles. The molecule has 1 heterocycles. The molecule has 1 aromatic heterocycles. The van der Waals surface area contributed by atoms with E-state index < -0.39 is 0 Å². The Kier molecular flexibility index (Phi) is 3.16. The van der Waals surface area contributed by atoms with E-state index in [2.05, 4.69) is 4.98 Å². The average molecular weight is 284 g/mol. The van der Waals surface area contributed by atoms with Crippen molar-refractivity contribution in [3.63, 3.8) is 0 Å². The van der Waals surface area contributed by atoms with Crippen molar-refractivity contribution >= 4 is 11.0 Å². The van der Waals surface area contributed by atoms with Gasteiger partial charge in [-0.25, -0.2) is 9.37 Å². The average Bonchev–Trinajstić information content (AvgIpc) is 2.80. The van der Waals surface area contributed by atoms with Crippen LogP contribution in [0.2, 0.25) is 0 Å². The molecule has 0 fully saturated rings. The van der Waals surface area contributed by atoms with Gasteiger partial charge >= 0.3 is 0 Å². The highest BCUT2D eigenvalue weighted by atomic mass is 19.1. The molecule has 0 radical (unpaired) electrons. The Hall–Kier alpha value is -2.36. The van der Waals surface area contributed by atoms with Gasteiger partial charge in [-0.2, -0.15) is 0 Å². The first kappa shape index (κ1) is 13.6. The van der Waals surface area contributed by atoms with Gasteiger partial charge in [0.2, 0.25) is 0 Å². The number of aromatic nitrogens is 2. The second-order valence-electron chi connectivity index (χ2n) is 5.48. The Balaban J connectivity index is 2.37. The van der Waals surface area contributed by atoms with Gasteiger partial charge in [-0.15, -0.1) is 0 Å². The predicted molar refractivity (Wildman–Crippen MR) is 81.9 cm³/mol. The third kappa shape index (κ3) is 2.17. The number of benzene rings is 2. The van der Waals surface area contributed by atoms with Gasteiger partial charge in [0.15, 0.2) is 0 Å². The van der Waals surface area contributed by atoms with Gasteiger partial charge in [0.1, 0.15) is 17.4 Å². The molecule has 108 valence electrons. The van der Waals surface area contributed by atoms with Gasteiger partial charge in [0.25, 0.3) is 0 Å². The van der Waals surface area contributed by atoms with Crippen molar-refractivity contribution in [2.75, 3.05) is 0 Å². The maximum Gasteiger partial charge on any atom is 0.141 e. The molecule has 0 aliphatic rings. The number of phenolic OH excluding ortho intramolecular Hbond substituents is 1. The van der Waals surface area contributed by atoms with Gasteiger partial charge in [-0.05, 0) is 45.0 Å². The fourth-order valence-electron chi connectivity index (χ4n) is 2.64. The number of phenols is 1. The summed E-state index contributed by atoms with van der Waals surface area (Å²) in [4.78, 5) is 4.63. The summed E-state index contributed by atoms with van der Waals surface area (Å²) in [5, 5.41) is 9.91. The molecule has 0 aliphatic carbocycles. The monoisotopic (exact) mass is 284 g/mol. The lowest BCUT2D eigenvalue weighted by Gasteiger charge is -2.15. The van der Waals surface area contributed by atoms with Crippen molar-refractivity contribution in [2.24, 2.45) is 0 Å². The molecule has 3 aromatic rings. The normalized spacial score (nSPS) is 11.5. The number of fused-ring (bicyclic) bond motifs is 1. The Morgan fingerprint density at radius 2 is 1.95 bits per heavy atom. The summed E-state index contributed by atoms with van der Waals surface area (Å²) in [6.07, 6.45) is 0. The van der Waals surface area contributed by atoms with Crippen LogP contribution in [0.15, 0.2) is 36.4 Å². The van der Waals surface area contributed by atoms with Crippen molar-refractivity contribution in [3.05, 3.63) is 47.8 Å². The van der Waals surface area contributed by atoms with E-state index in [9.17, 15) is 9.50 Å². The SMILES string of the molecule is Cc1c(O)cccc1-c1nc2ccc(F)cc2n1C(C)C. The lowest BCUT2D eigenvalue weighted by Crippen LogP contribution is -2.04. The molecule has 0 bridgehead atoms. The summed E-state index contributed by atoms with van der Waals surface area (Å²) in [6, 6.07) is 10.1. The largest absolute Gasteiger partial charge is 0.508 e. The molecule has 0 amide bonds. The van der Waals surface area contributed by atoms with Crippen LogP contribution in [0.1, 0.15) is 25.5 Å². The van der Waals surface area contributed by atoms with Crippen molar-refractivity contribution in [2.45, 2.75) is 26.8 Å². The first-order valence-electron chi connectivity index (χ1n) is 6.95. The highest BCUT2D eigenvalue weighted by Crippen LogP contribution is 2.33. The second-order valence-corrected chi connectivity index (χ2v) is 5.48. The van der Waals surface area contributed by atoms with Crippen LogP contribution < -0.4 is 0 Å². The minimum Gasteiger partial charge on any atom is -0.508 e. The predicted octanol–water partition coefficient (Wildman–Crippen LogP) is 4.44. The number of aromatic hydroxyl groups is 1. The van der Waals surface area contributed by atoms with E-state index in [1.807, 2.05) is 31.4 Å². The molecule has 1 N–H and O–H groups in total. The Bertz CT molecular complexity index is 821. The van der Waals surface area contributed by atoms with Crippen LogP contribution in [-0.2, 0) is 0 Å². The molecule has 4 heteroatoms. The smallest absolute Gasteiger partial charge is 0.141 e. The van der Waals surface area contributed by atoms with Crippen LogP contribution >= 0.6 is 0 Å². The summed E-state index contributed by atoms with van der Waals surface area (Å²) in [5.74, 6) is 0.712. The lowest BCUT2D eigenvalue weighted by atomic mass is 10.1. The minimum atomic E-state index is -0.275. The van der Waals surface area contributed by atoms with E-state index in [1.165, 1.54) is 12.1 Å². The lowest BCUT2D eigenvalue weighted by molar-refractivity contribution is 0.471. The summed E-state index contributed by atoms with van der Waals surface area (Å²) >= 11 is 0. The first-order valence-corrected chi connectivity index (χ1v) is 6.95. The van der Waals surface area contributed by atoms with Crippen LogP contribution in [0, 0.1) is 12.7 Å². The number of hydrogen-bond acceptors (Lipinski definition) is 2. The zero-order chi connectivity index (χ0) is 15.1. The van der Waals surface area contributed by atoms with Crippen molar-refractivity contribution in [3.8, 4) is 17.1 Å². The summed E-state index contributed by atoms with van der Waals surface area (Å²) in [6.45, 7) is 5.93. The van der Waals surface area contributed by atoms with Crippen molar-refractivity contribution in [1.29, 1.82) is 0 Å². The van der Waals surface area contributed by atoms with Crippen molar-refractivity contribution in [1.82, 2.24) is 9.55 Å². The van der Waals surface area contributed by atoms with Gasteiger partial charge in [0.05, 0.1) is 11.0 Å². The Morgan fingerprint density at radius 1 is 1.19 bits per heavy atom. The fraction of sp³-hybridized carbons (Fsp3) is 0.235. The molecule has 0 aliphatic heterocycles. The van der Waals surface area contributed by atoms with Gasteiger partial charge in [-0.1, -0.05) is 12.1 Å². The van der Waals surface area contributed by atoms with E-state index in [0.29, 0.717) is 0 Å². The van der Waals surface area contributed by atoms with Crippen LogP contribution in [0.3, 0.4) is 0 Å². The van der Waals surface area contributed by atoms with Crippen LogP contribution in [-0.4, -0.2) is 14.7 Å². The molecular weight excluding hydrogens is 267 g/mol. The standard InChI is InChI=1S/C17H17FN2O/c1-10(2)20-15-9-12(18)7-8-14(15)19-17(20)13-5-4-6-16(21)11(13)3/h4-10,21H,1-3H3. The summed E-state index contributed by atoms with van der Waals surface area (Å²) in [5.41, 5.74) is 3.15. The highest BCUT2D eigenvalue weighted by Gasteiger charge is 2.17. The molecule has 0 unspecified atom stereocenters. The minimum absolute atomic E-state index is 0.133. The fourth-order valence-corrected chi connectivity index (χ4v) is 2.64. The summed E-state index contributed by atoms with van der Waals surface area (Å²) < 4.78 is 15.6. The van der Waals surface area contributed by atoms with Gasteiger partial charge in [-0.3, -0.25) is 0 Å². The Morgan fingerprint density at radius 3 is 2.67 bits per heavy atom. The van der Waals surface area contributed by atoms with Crippen LogP contribution in [0.25, 0.3) is 22.4 Å². The van der Waals surface area contributed by atoms with Crippen LogP contribution in [0.4, 0.5) is 4.39 Å². The molecule has 2 aromatic carbocycles. The number of halogens is 1. The third-order valence-corrected chi connectivity index (χ3v) is 3.71. The molecule has 0 spiro atoms. The summed E-state index contributed by atoms with van der Waals surface area (Å²) in [7, 11) is 0. The molecule has 0 atom stereocenters. The van der Waals surface area contributed by atoms with Crippen LogP contribution in [0.5, 0.6) is 5.75 Å². The molecule has 21 heavy (non-hydrogen) atoms. The number of nitrogens with zero attached hydrogens (tertiary/aromatic N) is 2. The highest BCUT2D eigenvalue weighted by molar-refractivity contribution is 5.82.